The van der Waals surface area contributed by atoms with Crippen LogP contribution in [0.4, 0.5) is 10.1 Å². The lowest BCUT2D eigenvalue weighted by Gasteiger charge is -2.18. The molecule has 2 heterocycles. The molecule has 9 nitrogen and oxygen atoms in total. The second-order valence-electron chi connectivity index (χ2n) is 8.55. The van der Waals surface area contributed by atoms with Crippen LogP contribution in [0, 0.1) is 24.1 Å². The second kappa shape index (κ2) is 12.4. The molecule has 2 aromatic heterocycles. The Kier molecular flexibility index (Phi) is 8.73. The Morgan fingerprint density at radius 2 is 1.92 bits per heavy atom. The van der Waals surface area contributed by atoms with E-state index in [-0.39, 0.29) is 12.4 Å². The van der Waals surface area contributed by atoms with Crippen LogP contribution in [0.1, 0.15) is 5.82 Å². The van der Waals surface area contributed by atoms with Gasteiger partial charge in [-0.3, -0.25) is 0 Å². The van der Waals surface area contributed by atoms with Crippen molar-refractivity contribution in [2.75, 3.05) is 58.6 Å². The number of H-pyrrole nitrogens is 1. The van der Waals surface area contributed by atoms with Crippen LogP contribution in [-0.2, 0) is 9.47 Å². The number of aromatic nitrogens is 3. The van der Waals surface area contributed by atoms with E-state index in [1.165, 1.54) is 12.1 Å². The number of ether oxygens (including phenoxy) is 4. The van der Waals surface area contributed by atoms with Crippen LogP contribution >= 0.6 is 0 Å². The zero-order valence-corrected chi connectivity index (χ0v) is 21.7. The zero-order valence-electron chi connectivity index (χ0n) is 21.7. The first-order chi connectivity index (χ1) is 18.5. The molecule has 0 unspecified atom stereocenters. The van der Waals surface area contributed by atoms with Crippen LogP contribution in [0.2, 0.25) is 0 Å². The maximum absolute atomic E-state index is 14.8. The van der Waals surface area contributed by atoms with Gasteiger partial charge < -0.3 is 28.8 Å². The van der Waals surface area contributed by atoms with Crippen LogP contribution in [0.5, 0.6) is 11.5 Å². The Morgan fingerprint density at radius 3 is 2.68 bits per heavy atom. The van der Waals surface area contributed by atoms with Crippen LogP contribution in [-0.4, -0.2) is 68.7 Å². The van der Waals surface area contributed by atoms with Crippen molar-refractivity contribution in [2.45, 2.75) is 6.92 Å². The summed E-state index contributed by atoms with van der Waals surface area (Å²) in [4.78, 5) is 14.6. The number of methoxy groups -OCH3 is 1. The summed E-state index contributed by atoms with van der Waals surface area (Å²) in [5.41, 5.74) is 3.35. The van der Waals surface area contributed by atoms with Crippen molar-refractivity contribution in [1.29, 1.82) is 5.26 Å². The summed E-state index contributed by atoms with van der Waals surface area (Å²) in [6.45, 7) is 7.62. The van der Waals surface area contributed by atoms with Gasteiger partial charge >= 0.3 is 0 Å². The number of rotatable bonds is 13. The van der Waals surface area contributed by atoms with Crippen molar-refractivity contribution in [2.24, 2.45) is 0 Å². The third-order valence-electron chi connectivity index (χ3n) is 5.86. The molecule has 0 aliphatic rings. The van der Waals surface area contributed by atoms with Gasteiger partial charge in [-0.05, 0) is 37.3 Å². The molecule has 0 saturated carbocycles. The minimum atomic E-state index is -0.370. The molecular weight excluding hydrogens is 489 g/mol. The van der Waals surface area contributed by atoms with Crippen molar-refractivity contribution in [1.82, 2.24) is 15.0 Å². The van der Waals surface area contributed by atoms with Crippen molar-refractivity contribution in [3.05, 3.63) is 54.6 Å². The normalized spacial score (nSPS) is 11.0. The predicted octanol–water partition coefficient (Wildman–Crippen LogP) is 4.79. The van der Waals surface area contributed by atoms with Gasteiger partial charge in [-0.25, -0.2) is 14.4 Å². The van der Waals surface area contributed by atoms with E-state index in [1.807, 2.05) is 24.1 Å². The summed E-state index contributed by atoms with van der Waals surface area (Å²) in [7, 11) is 3.49. The molecule has 0 aliphatic carbocycles. The maximum atomic E-state index is 14.8. The third-order valence-corrected chi connectivity index (χ3v) is 5.86. The fraction of sp³-hybridized carbons (Fsp3) is 0.321. The Bertz CT molecular complexity index is 1480. The number of nitrogens with zero attached hydrogens (tertiary/aromatic N) is 4. The largest absolute Gasteiger partial charge is 0.487 e. The highest BCUT2D eigenvalue weighted by Crippen LogP contribution is 2.39. The molecule has 198 valence electrons. The number of aryl methyl sites for hydroxylation is 1. The number of hydrogen-bond donors (Lipinski definition) is 1. The molecule has 0 atom stereocenters. The Balaban J connectivity index is 1.78. The summed E-state index contributed by atoms with van der Waals surface area (Å²) in [5.74, 6) is 1.04. The second-order valence-corrected chi connectivity index (χ2v) is 8.55. The van der Waals surface area contributed by atoms with Crippen LogP contribution in [0.3, 0.4) is 0 Å². The first-order valence-electron chi connectivity index (χ1n) is 12.1. The molecule has 0 amide bonds. The molecule has 1 N–H and O–H groups in total. The molecule has 0 aliphatic heterocycles. The van der Waals surface area contributed by atoms with Gasteiger partial charge in [-0.2, -0.15) is 5.26 Å². The molecule has 0 saturated heterocycles. The van der Waals surface area contributed by atoms with Crippen molar-refractivity contribution >= 4 is 27.6 Å². The standard InChI is InChI=1S/C28H30FN5O4/c1-5-9-34(3)22-17-20(29)16-21-25-26(31-18(2)32-28(25)33-27(21)22)19-6-7-23(24(15-19)37-10-8-30)38-14-13-36-12-11-35-4/h5-7,15-17H,1,9-14H2,2-4H3,(H,31,32,33). The summed E-state index contributed by atoms with van der Waals surface area (Å²) in [6, 6.07) is 10.3. The van der Waals surface area contributed by atoms with Gasteiger partial charge in [0, 0.05) is 31.7 Å². The number of benzene rings is 2. The quantitative estimate of drug-likeness (QED) is 0.199. The van der Waals surface area contributed by atoms with Crippen molar-refractivity contribution < 1.29 is 23.3 Å². The fourth-order valence-electron chi connectivity index (χ4n) is 4.21. The van der Waals surface area contributed by atoms with Gasteiger partial charge in [0.1, 0.15) is 30.0 Å². The fourth-order valence-corrected chi connectivity index (χ4v) is 4.21. The maximum Gasteiger partial charge on any atom is 0.174 e. The molecule has 0 spiro atoms. The molecule has 4 rings (SSSR count). The molecule has 0 bridgehead atoms. The Hall–Kier alpha value is -4.20. The van der Waals surface area contributed by atoms with E-state index in [1.54, 1.807) is 32.2 Å². The molecule has 4 aromatic rings. The van der Waals surface area contributed by atoms with E-state index in [0.717, 1.165) is 5.52 Å². The van der Waals surface area contributed by atoms with Gasteiger partial charge in [0.05, 0.1) is 42.1 Å². The highest BCUT2D eigenvalue weighted by molar-refractivity contribution is 6.15. The van der Waals surface area contributed by atoms with E-state index in [9.17, 15) is 4.39 Å². The number of fused-ring (bicyclic) bond motifs is 3. The van der Waals surface area contributed by atoms with E-state index in [4.69, 9.17) is 29.2 Å². The number of halogens is 1. The zero-order chi connectivity index (χ0) is 27.1. The summed E-state index contributed by atoms with van der Waals surface area (Å²) in [5, 5.41) is 10.4. The van der Waals surface area contributed by atoms with Crippen LogP contribution in [0.15, 0.2) is 43.0 Å². The van der Waals surface area contributed by atoms with Crippen LogP contribution in [0.25, 0.3) is 33.2 Å². The molecule has 0 fully saturated rings. The smallest absolute Gasteiger partial charge is 0.174 e. The summed E-state index contributed by atoms with van der Waals surface area (Å²) < 4.78 is 36.7. The lowest BCUT2D eigenvalue weighted by molar-refractivity contribution is 0.0539. The van der Waals surface area contributed by atoms with E-state index < -0.39 is 0 Å². The summed E-state index contributed by atoms with van der Waals surface area (Å²) in [6.07, 6.45) is 1.76. The number of aromatic amines is 1. The molecule has 38 heavy (non-hydrogen) atoms. The first-order valence-corrected chi connectivity index (χ1v) is 12.1. The lowest BCUT2D eigenvalue weighted by atomic mass is 10.0. The number of hydrogen-bond acceptors (Lipinski definition) is 8. The Labute approximate surface area is 220 Å². The van der Waals surface area contributed by atoms with Gasteiger partial charge in [-0.15, -0.1) is 6.58 Å². The number of nitriles is 1. The SMILES string of the molecule is C=CCN(C)c1cc(F)cc2c1[nH]c1nc(C)nc(-c3ccc(OCCOCCOC)c(OCC#N)c3)c12. The molecule has 10 heteroatoms. The van der Waals surface area contributed by atoms with Gasteiger partial charge in [0.2, 0.25) is 0 Å². The van der Waals surface area contributed by atoms with Crippen LogP contribution < -0.4 is 14.4 Å². The molecule has 2 aromatic carbocycles. The minimum absolute atomic E-state index is 0.153. The molecule has 0 radical (unpaired) electrons. The van der Waals surface area contributed by atoms with E-state index in [2.05, 4.69) is 16.5 Å². The number of anilines is 1. The Morgan fingerprint density at radius 1 is 1.11 bits per heavy atom. The summed E-state index contributed by atoms with van der Waals surface area (Å²) >= 11 is 0. The highest BCUT2D eigenvalue weighted by atomic mass is 19.1. The highest BCUT2D eigenvalue weighted by Gasteiger charge is 2.20. The van der Waals surface area contributed by atoms with E-state index >= 15 is 0 Å². The average molecular weight is 520 g/mol. The van der Waals surface area contributed by atoms with E-state index in [0.29, 0.717) is 83.7 Å². The third kappa shape index (κ3) is 5.85. The monoisotopic (exact) mass is 519 g/mol. The number of likely N-dealkylation sites (N-methyl/N-ethyl adjacent to an activating group) is 1. The minimum Gasteiger partial charge on any atom is -0.487 e. The van der Waals surface area contributed by atoms with Crippen molar-refractivity contribution in [3.8, 4) is 28.8 Å². The lowest BCUT2D eigenvalue weighted by Crippen LogP contribution is -2.17. The number of nitrogens with one attached hydrogen (secondary N) is 1. The van der Waals surface area contributed by atoms with Gasteiger partial charge in [0.15, 0.2) is 18.1 Å². The van der Waals surface area contributed by atoms with Gasteiger partial charge in [0.25, 0.3) is 0 Å². The van der Waals surface area contributed by atoms with Gasteiger partial charge in [-0.1, -0.05) is 6.08 Å². The van der Waals surface area contributed by atoms with Crippen molar-refractivity contribution in [3.63, 3.8) is 0 Å². The topological polar surface area (TPSA) is 106 Å². The first kappa shape index (κ1) is 26.9. The predicted molar refractivity (Wildman–Crippen MR) is 144 cm³/mol. The average Bonchev–Trinajstić information content (AvgIpc) is 3.26. The molecular formula is C28H30FN5O4.